The highest BCUT2D eigenvalue weighted by atomic mass is 16.3. The Kier molecular flexibility index (Phi) is 5.70. The van der Waals surface area contributed by atoms with Crippen LogP contribution in [0.15, 0.2) is 101 Å². The van der Waals surface area contributed by atoms with Gasteiger partial charge >= 0.3 is 0 Å². The number of phenols is 1. The van der Waals surface area contributed by atoms with Gasteiger partial charge in [-0.15, -0.1) is 5.11 Å². The van der Waals surface area contributed by atoms with Gasteiger partial charge in [-0.05, 0) is 24.3 Å². The molecule has 0 spiro atoms. The minimum absolute atomic E-state index is 0.136. The topological polar surface area (TPSA) is 45.0 Å². The fraction of sp³-hybridized carbons (Fsp3) is 0. The lowest BCUT2D eigenvalue weighted by Gasteiger charge is -1.95. The molecular formula is C18H16N2O. The molecule has 1 N–H and O–H groups in total. The molecule has 0 unspecified atom stereocenters. The zero-order chi connectivity index (χ0) is 14.8. The average Bonchev–Trinajstić information content (AvgIpc) is 2.57. The van der Waals surface area contributed by atoms with E-state index in [0.717, 1.165) is 5.69 Å². The molecule has 0 heterocycles. The highest BCUT2D eigenvalue weighted by Gasteiger charge is 1.95. The van der Waals surface area contributed by atoms with Crippen molar-refractivity contribution in [3.8, 4) is 5.75 Å². The predicted octanol–water partition coefficient (Wildman–Crippen LogP) is 5.49. The molecule has 3 aromatic rings. The van der Waals surface area contributed by atoms with E-state index in [4.69, 9.17) is 0 Å². The molecule has 0 amide bonds. The smallest absolute Gasteiger partial charge is 0.143 e. The van der Waals surface area contributed by atoms with Crippen molar-refractivity contribution in [3.05, 3.63) is 91.0 Å². The van der Waals surface area contributed by atoms with E-state index in [2.05, 4.69) is 10.2 Å². The number of phenolic OH excluding ortho intramolecular Hbond substituents is 1. The summed E-state index contributed by atoms with van der Waals surface area (Å²) in [6.45, 7) is 0. The first-order valence-electron chi connectivity index (χ1n) is 6.61. The summed E-state index contributed by atoms with van der Waals surface area (Å²) in [5.41, 5.74) is 1.24. The number of nitrogens with zero attached hydrogens (tertiary/aromatic N) is 2. The lowest BCUT2D eigenvalue weighted by Crippen LogP contribution is -1.66. The van der Waals surface area contributed by atoms with Crippen molar-refractivity contribution in [1.29, 1.82) is 0 Å². The molecule has 0 saturated heterocycles. The van der Waals surface area contributed by atoms with Gasteiger partial charge in [-0.25, -0.2) is 0 Å². The van der Waals surface area contributed by atoms with Gasteiger partial charge in [-0.2, -0.15) is 5.11 Å². The second kappa shape index (κ2) is 8.27. The Morgan fingerprint density at radius 2 is 1.00 bits per heavy atom. The lowest BCUT2D eigenvalue weighted by molar-refractivity contribution is 0.476. The van der Waals surface area contributed by atoms with Crippen LogP contribution in [-0.2, 0) is 0 Å². The molecule has 0 saturated carbocycles. The van der Waals surface area contributed by atoms with E-state index < -0.39 is 0 Å². The summed E-state index contributed by atoms with van der Waals surface area (Å²) >= 11 is 0. The number of aromatic hydroxyl groups is 1. The van der Waals surface area contributed by atoms with Gasteiger partial charge in [0.1, 0.15) is 11.4 Å². The second-order valence-electron chi connectivity index (χ2n) is 4.18. The summed E-state index contributed by atoms with van der Waals surface area (Å²) < 4.78 is 0. The summed E-state index contributed by atoms with van der Waals surface area (Å²) in [6.07, 6.45) is 0. The van der Waals surface area contributed by atoms with Crippen LogP contribution in [-0.4, -0.2) is 5.11 Å². The number of hydrogen-bond acceptors (Lipinski definition) is 3. The molecule has 3 aromatic carbocycles. The Hall–Kier alpha value is -2.94. The van der Waals surface area contributed by atoms with E-state index in [0.29, 0.717) is 5.69 Å². The van der Waals surface area contributed by atoms with Crippen molar-refractivity contribution in [2.24, 2.45) is 10.2 Å². The first-order valence-corrected chi connectivity index (χ1v) is 6.61. The van der Waals surface area contributed by atoms with Gasteiger partial charge in [-0.1, -0.05) is 66.7 Å². The molecule has 104 valence electrons. The van der Waals surface area contributed by atoms with Crippen LogP contribution in [0.25, 0.3) is 0 Å². The summed E-state index contributed by atoms with van der Waals surface area (Å²) in [6, 6.07) is 28.2. The first kappa shape index (κ1) is 14.5. The van der Waals surface area contributed by atoms with E-state index in [1.54, 1.807) is 24.3 Å². The molecule has 0 radical (unpaired) electrons. The van der Waals surface area contributed by atoms with Crippen molar-refractivity contribution < 1.29 is 5.11 Å². The van der Waals surface area contributed by atoms with Crippen LogP contribution < -0.4 is 0 Å². The van der Waals surface area contributed by atoms with Crippen molar-refractivity contribution >= 4 is 11.4 Å². The van der Waals surface area contributed by atoms with Gasteiger partial charge in [0, 0.05) is 0 Å². The van der Waals surface area contributed by atoms with Gasteiger partial charge in [-0.3, -0.25) is 0 Å². The van der Waals surface area contributed by atoms with Crippen LogP contribution in [0.3, 0.4) is 0 Å². The molecule has 0 aliphatic rings. The third-order valence-corrected chi connectivity index (χ3v) is 2.58. The van der Waals surface area contributed by atoms with Crippen LogP contribution in [0.2, 0.25) is 0 Å². The zero-order valence-electron chi connectivity index (χ0n) is 11.5. The Morgan fingerprint density at radius 3 is 1.57 bits per heavy atom. The second-order valence-corrected chi connectivity index (χ2v) is 4.18. The Morgan fingerprint density at radius 1 is 0.524 bits per heavy atom. The van der Waals surface area contributed by atoms with Crippen LogP contribution in [0, 0.1) is 0 Å². The zero-order valence-corrected chi connectivity index (χ0v) is 11.5. The van der Waals surface area contributed by atoms with E-state index in [9.17, 15) is 5.11 Å². The third kappa shape index (κ3) is 5.28. The molecular weight excluding hydrogens is 260 g/mol. The fourth-order valence-corrected chi connectivity index (χ4v) is 1.54. The van der Waals surface area contributed by atoms with Crippen molar-refractivity contribution in [3.63, 3.8) is 0 Å². The molecule has 0 aliphatic carbocycles. The number of hydrogen-bond donors (Lipinski definition) is 1. The molecule has 3 nitrogen and oxygen atoms in total. The van der Waals surface area contributed by atoms with E-state index in [1.807, 2.05) is 66.7 Å². The third-order valence-electron chi connectivity index (χ3n) is 2.58. The van der Waals surface area contributed by atoms with Crippen molar-refractivity contribution in [2.45, 2.75) is 0 Å². The molecule has 0 fully saturated rings. The largest absolute Gasteiger partial charge is 0.506 e. The van der Waals surface area contributed by atoms with Crippen LogP contribution in [0.4, 0.5) is 11.4 Å². The summed E-state index contributed by atoms with van der Waals surface area (Å²) in [7, 11) is 0. The SMILES string of the molecule is Oc1ccccc1N=Nc1ccccc1.c1ccccc1. The molecule has 21 heavy (non-hydrogen) atoms. The number of rotatable bonds is 2. The monoisotopic (exact) mass is 276 g/mol. The summed E-state index contributed by atoms with van der Waals surface area (Å²) in [5, 5.41) is 17.4. The van der Waals surface area contributed by atoms with Gasteiger partial charge < -0.3 is 5.11 Å². The van der Waals surface area contributed by atoms with E-state index in [-0.39, 0.29) is 5.75 Å². The van der Waals surface area contributed by atoms with Crippen LogP contribution in [0.5, 0.6) is 5.75 Å². The maximum Gasteiger partial charge on any atom is 0.143 e. The minimum Gasteiger partial charge on any atom is -0.506 e. The number of para-hydroxylation sites is 1. The quantitative estimate of drug-likeness (QED) is 0.617. The first-order chi connectivity index (χ1) is 10.4. The molecule has 0 bridgehead atoms. The van der Waals surface area contributed by atoms with Gasteiger partial charge in [0.25, 0.3) is 0 Å². The predicted molar refractivity (Wildman–Crippen MR) is 85.2 cm³/mol. The van der Waals surface area contributed by atoms with Crippen molar-refractivity contribution in [1.82, 2.24) is 0 Å². The average molecular weight is 276 g/mol. The highest BCUT2D eigenvalue weighted by Crippen LogP contribution is 2.26. The van der Waals surface area contributed by atoms with Crippen LogP contribution in [0.1, 0.15) is 0 Å². The minimum atomic E-state index is 0.136. The maximum absolute atomic E-state index is 9.43. The molecule has 0 atom stereocenters. The van der Waals surface area contributed by atoms with E-state index >= 15 is 0 Å². The molecule has 0 aromatic heterocycles. The fourth-order valence-electron chi connectivity index (χ4n) is 1.54. The van der Waals surface area contributed by atoms with Gasteiger partial charge in [0.2, 0.25) is 0 Å². The Balaban J connectivity index is 0.000000225. The highest BCUT2D eigenvalue weighted by molar-refractivity contribution is 5.50. The van der Waals surface area contributed by atoms with E-state index in [1.165, 1.54) is 0 Å². The number of azo groups is 1. The van der Waals surface area contributed by atoms with Crippen molar-refractivity contribution in [2.75, 3.05) is 0 Å². The molecule has 3 rings (SSSR count). The number of benzene rings is 3. The van der Waals surface area contributed by atoms with Crippen LogP contribution >= 0.6 is 0 Å². The summed E-state index contributed by atoms with van der Waals surface area (Å²) in [5.74, 6) is 0.136. The van der Waals surface area contributed by atoms with Gasteiger partial charge in [0.15, 0.2) is 0 Å². The molecule has 0 aliphatic heterocycles. The maximum atomic E-state index is 9.43. The standard InChI is InChI=1S/C12H10N2O.C6H6/c15-12-9-5-4-8-11(12)14-13-10-6-2-1-3-7-10;1-2-4-6-5-3-1/h1-9,15H;1-6H. The van der Waals surface area contributed by atoms with Gasteiger partial charge in [0.05, 0.1) is 5.69 Å². The molecule has 3 heteroatoms. The normalized spacial score (nSPS) is 9.90. The Labute approximate surface area is 124 Å². The summed E-state index contributed by atoms with van der Waals surface area (Å²) in [4.78, 5) is 0. The Bertz CT molecular complexity index is 640. The lowest BCUT2D eigenvalue weighted by atomic mass is 10.3.